The number of methoxy groups -OCH3 is 1. The molecule has 0 heterocycles. The van der Waals surface area contributed by atoms with Crippen molar-refractivity contribution < 1.29 is 9.53 Å². The first-order chi connectivity index (χ1) is 9.95. The summed E-state index contributed by atoms with van der Waals surface area (Å²) in [5.74, 6) is 0.588. The molecule has 0 N–H and O–H groups in total. The molecule has 2 aromatic rings. The number of carbonyl (C=O) groups excluding carboxylic acids is 1. The first-order valence-corrected chi connectivity index (χ1v) is 7.42. The van der Waals surface area contributed by atoms with Gasteiger partial charge in [-0.3, -0.25) is 4.79 Å². The normalized spacial score (nSPS) is 10.3. The number of carbonyl (C=O) groups is 1. The van der Waals surface area contributed by atoms with Crippen LogP contribution in [-0.4, -0.2) is 20.1 Å². The lowest BCUT2D eigenvalue weighted by molar-refractivity contribution is 0.0992. The first-order valence-electron chi connectivity index (χ1n) is 6.63. The number of rotatable bonds is 3. The van der Waals surface area contributed by atoms with E-state index in [1.165, 1.54) is 0 Å². The van der Waals surface area contributed by atoms with Crippen molar-refractivity contribution in [2.75, 3.05) is 19.1 Å². The molecule has 1 amide bonds. The lowest BCUT2D eigenvalue weighted by atomic mass is 10.1. The summed E-state index contributed by atoms with van der Waals surface area (Å²) in [6.07, 6.45) is 0. The van der Waals surface area contributed by atoms with Crippen LogP contribution in [0.1, 0.15) is 21.5 Å². The van der Waals surface area contributed by atoms with Gasteiger partial charge in [-0.15, -0.1) is 0 Å². The lowest BCUT2D eigenvalue weighted by Crippen LogP contribution is -2.27. The Labute approximate surface area is 133 Å². The van der Waals surface area contributed by atoms with Gasteiger partial charge in [-0.05, 0) is 65.2 Å². The van der Waals surface area contributed by atoms with Gasteiger partial charge in [-0.25, -0.2) is 0 Å². The molecular weight excluding hydrogens is 330 g/mol. The standard InChI is InChI=1S/C17H18BrNO2/c1-11-6-5-7-16(12(11)2)19(3)17(20)14-10-13(21-4)8-9-15(14)18/h5-10H,1-4H3. The van der Waals surface area contributed by atoms with E-state index in [9.17, 15) is 4.79 Å². The maximum Gasteiger partial charge on any atom is 0.259 e. The molecule has 0 saturated heterocycles. The molecule has 0 aromatic heterocycles. The number of aryl methyl sites for hydroxylation is 1. The van der Waals surface area contributed by atoms with Crippen molar-refractivity contribution in [3.05, 3.63) is 57.6 Å². The van der Waals surface area contributed by atoms with Gasteiger partial charge < -0.3 is 9.64 Å². The Hall–Kier alpha value is -1.81. The molecule has 0 radical (unpaired) electrons. The third-order valence-electron chi connectivity index (χ3n) is 3.65. The summed E-state index contributed by atoms with van der Waals surface area (Å²) in [5, 5.41) is 0. The highest BCUT2D eigenvalue weighted by Gasteiger charge is 2.18. The van der Waals surface area contributed by atoms with Crippen LogP contribution >= 0.6 is 15.9 Å². The van der Waals surface area contributed by atoms with Crippen molar-refractivity contribution in [2.24, 2.45) is 0 Å². The molecule has 4 heteroatoms. The Morgan fingerprint density at radius 1 is 1.19 bits per heavy atom. The summed E-state index contributed by atoms with van der Waals surface area (Å²) in [6, 6.07) is 11.3. The summed E-state index contributed by atoms with van der Waals surface area (Å²) in [7, 11) is 3.38. The third-order valence-corrected chi connectivity index (χ3v) is 4.34. The van der Waals surface area contributed by atoms with Crippen LogP contribution in [-0.2, 0) is 0 Å². The fourth-order valence-electron chi connectivity index (χ4n) is 2.18. The number of amides is 1. The smallest absolute Gasteiger partial charge is 0.259 e. The molecule has 110 valence electrons. The molecule has 2 aromatic carbocycles. The van der Waals surface area contributed by atoms with E-state index in [2.05, 4.69) is 15.9 Å². The predicted octanol–water partition coefficient (Wildman–Crippen LogP) is 4.35. The molecule has 0 bridgehead atoms. The molecule has 0 unspecified atom stereocenters. The molecule has 0 atom stereocenters. The largest absolute Gasteiger partial charge is 0.497 e. The topological polar surface area (TPSA) is 29.5 Å². The summed E-state index contributed by atoms with van der Waals surface area (Å²) in [4.78, 5) is 14.4. The second-order valence-corrected chi connectivity index (χ2v) is 5.78. The van der Waals surface area contributed by atoms with Crippen molar-refractivity contribution in [1.29, 1.82) is 0 Å². The van der Waals surface area contributed by atoms with E-state index in [0.717, 1.165) is 21.3 Å². The summed E-state index contributed by atoms with van der Waals surface area (Å²) in [6.45, 7) is 4.06. The van der Waals surface area contributed by atoms with Gasteiger partial charge in [-0.2, -0.15) is 0 Å². The highest BCUT2D eigenvalue weighted by molar-refractivity contribution is 9.10. The number of ether oxygens (including phenoxy) is 1. The average molecular weight is 348 g/mol. The minimum Gasteiger partial charge on any atom is -0.497 e. The van der Waals surface area contributed by atoms with Crippen LogP contribution in [0.3, 0.4) is 0 Å². The van der Waals surface area contributed by atoms with Gasteiger partial charge >= 0.3 is 0 Å². The first kappa shape index (κ1) is 15.6. The van der Waals surface area contributed by atoms with Crippen molar-refractivity contribution >= 4 is 27.5 Å². The van der Waals surface area contributed by atoms with Crippen molar-refractivity contribution in [1.82, 2.24) is 0 Å². The second kappa shape index (κ2) is 6.31. The number of hydrogen-bond donors (Lipinski definition) is 0. The van der Waals surface area contributed by atoms with Crippen LogP contribution in [0.5, 0.6) is 5.75 Å². The van der Waals surface area contributed by atoms with Gasteiger partial charge in [0.2, 0.25) is 0 Å². The number of benzene rings is 2. The fourth-order valence-corrected chi connectivity index (χ4v) is 2.60. The molecule has 3 nitrogen and oxygen atoms in total. The van der Waals surface area contributed by atoms with Gasteiger partial charge in [-0.1, -0.05) is 12.1 Å². The molecule has 0 aliphatic heterocycles. The number of hydrogen-bond acceptors (Lipinski definition) is 2. The van der Waals surface area contributed by atoms with E-state index in [-0.39, 0.29) is 5.91 Å². The van der Waals surface area contributed by atoms with Crippen LogP contribution in [0.2, 0.25) is 0 Å². The third kappa shape index (κ3) is 3.10. The SMILES string of the molecule is COc1ccc(Br)c(C(=O)N(C)c2cccc(C)c2C)c1. The zero-order valence-electron chi connectivity index (χ0n) is 12.6. The Morgan fingerprint density at radius 2 is 1.90 bits per heavy atom. The van der Waals surface area contributed by atoms with Crippen LogP contribution in [0.15, 0.2) is 40.9 Å². The number of halogens is 1. The van der Waals surface area contributed by atoms with Crippen LogP contribution < -0.4 is 9.64 Å². The van der Waals surface area contributed by atoms with E-state index < -0.39 is 0 Å². The Balaban J connectivity index is 2.42. The quantitative estimate of drug-likeness (QED) is 0.825. The van der Waals surface area contributed by atoms with Gasteiger partial charge in [0.25, 0.3) is 5.91 Å². The molecule has 0 saturated carbocycles. The summed E-state index contributed by atoms with van der Waals surface area (Å²) in [5.41, 5.74) is 3.76. The Kier molecular flexibility index (Phi) is 4.68. The number of anilines is 1. The predicted molar refractivity (Wildman–Crippen MR) is 89.3 cm³/mol. The summed E-state index contributed by atoms with van der Waals surface area (Å²) < 4.78 is 5.95. The molecule has 2 rings (SSSR count). The van der Waals surface area contributed by atoms with Crippen molar-refractivity contribution in [3.63, 3.8) is 0 Å². The Bertz CT molecular complexity index is 682. The lowest BCUT2D eigenvalue weighted by Gasteiger charge is -2.21. The highest BCUT2D eigenvalue weighted by Crippen LogP contribution is 2.27. The molecule has 21 heavy (non-hydrogen) atoms. The van der Waals surface area contributed by atoms with E-state index in [0.29, 0.717) is 11.3 Å². The number of nitrogens with zero attached hydrogens (tertiary/aromatic N) is 1. The van der Waals surface area contributed by atoms with Gasteiger partial charge in [0.15, 0.2) is 0 Å². The molecule has 0 aliphatic carbocycles. The van der Waals surface area contributed by atoms with Crippen LogP contribution in [0.4, 0.5) is 5.69 Å². The zero-order chi connectivity index (χ0) is 15.6. The molecule has 0 aliphatic rings. The fraction of sp³-hybridized carbons (Fsp3) is 0.235. The average Bonchev–Trinajstić information content (AvgIpc) is 2.49. The molecule has 0 spiro atoms. The van der Waals surface area contributed by atoms with E-state index in [1.54, 1.807) is 25.1 Å². The van der Waals surface area contributed by atoms with Gasteiger partial charge in [0, 0.05) is 17.2 Å². The summed E-state index contributed by atoms with van der Waals surface area (Å²) >= 11 is 3.43. The van der Waals surface area contributed by atoms with Gasteiger partial charge in [0.05, 0.1) is 12.7 Å². The maximum atomic E-state index is 12.7. The zero-order valence-corrected chi connectivity index (χ0v) is 14.2. The highest BCUT2D eigenvalue weighted by atomic mass is 79.9. The van der Waals surface area contributed by atoms with Crippen molar-refractivity contribution in [2.45, 2.75) is 13.8 Å². The van der Waals surface area contributed by atoms with Crippen LogP contribution in [0, 0.1) is 13.8 Å². The molecular formula is C17H18BrNO2. The maximum absolute atomic E-state index is 12.7. The minimum absolute atomic E-state index is 0.0746. The van der Waals surface area contributed by atoms with Crippen molar-refractivity contribution in [3.8, 4) is 5.75 Å². The Morgan fingerprint density at radius 3 is 2.57 bits per heavy atom. The van der Waals surface area contributed by atoms with Gasteiger partial charge in [0.1, 0.15) is 5.75 Å². The second-order valence-electron chi connectivity index (χ2n) is 4.93. The van der Waals surface area contributed by atoms with E-state index in [4.69, 9.17) is 4.74 Å². The molecule has 0 fully saturated rings. The monoisotopic (exact) mass is 347 g/mol. The van der Waals surface area contributed by atoms with E-state index in [1.807, 2.05) is 44.2 Å². The van der Waals surface area contributed by atoms with E-state index >= 15 is 0 Å². The minimum atomic E-state index is -0.0746. The van der Waals surface area contributed by atoms with Crippen LogP contribution in [0.25, 0.3) is 0 Å².